The maximum atomic E-state index is 12.4. The Bertz CT molecular complexity index is 929. The summed E-state index contributed by atoms with van der Waals surface area (Å²) >= 11 is 3.58. The van der Waals surface area contributed by atoms with Gasteiger partial charge in [-0.15, -0.1) is 0 Å². The lowest BCUT2D eigenvalue weighted by molar-refractivity contribution is -0.116. The predicted octanol–water partition coefficient (Wildman–Crippen LogP) is 3.45. The number of benzene rings is 2. The number of rotatable bonds is 4. The van der Waals surface area contributed by atoms with Crippen molar-refractivity contribution < 1.29 is 9.59 Å². The first-order valence-corrected chi connectivity index (χ1v) is 8.19. The minimum Gasteiger partial charge on any atom is -0.366 e. The van der Waals surface area contributed by atoms with E-state index in [1.54, 1.807) is 24.3 Å². The van der Waals surface area contributed by atoms with E-state index in [1.165, 1.54) is 0 Å². The van der Waals surface area contributed by atoms with Crippen LogP contribution in [0.2, 0.25) is 0 Å². The van der Waals surface area contributed by atoms with E-state index in [1.807, 2.05) is 35.8 Å². The van der Waals surface area contributed by atoms with Crippen LogP contribution >= 0.6 is 15.9 Å². The van der Waals surface area contributed by atoms with Gasteiger partial charge in [0.2, 0.25) is 11.8 Å². The maximum absolute atomic E-state index is 12.4. The molecule has 2 aromatic carbocycles. The van der Waals surface area contributed by atoms with Crippen LogP contribution in [0.3, 0.4) is 0 Å². The van der Waals surface area contributed by atoms with Gasteiger partial charge in [-0.25, -0.2) is 0 Å². The maximum Gasteiger partial charge on any atom is 0.248 e. The highest BCUT2D eigenvalue weighted by Gasteiger charge is 2.14. The van der Waals surface area contributed by atoms with Gasteiger partial charge in [0, 0.05) is 32.3 Å². The van der Waals surface area contributed by atoms with E-state index in [-0.39, 0.29) is 12.5 Å². The normalized spacial score (nSPS) is 10.8. The number of hydrogen-bond donors (Lipinski definition) is 2. The second-order valence-corrected chi connectivity index (χ2v) is 6.29. The van der Waals surface area contributed by atoms with Crippen LogP contribution in [0.25, 0.3) is 10.9 Å². The molecular formula is C18H16BrN3O2. The Balaban J connectivity index is 1.80. The van der Waals surface area contributed by atoms with Gasteiger partial charge >= 0.3 is 0 Å². The average Bonchev–Trinajstić information content (AvgIpc) is 2.81. The first-order chi connectivity index (χ1) is 11.5. The van der Waals surface area contributed by atoms with E-state index in [0.717, 1.165) is 21.1 Å². The summed E-state index contributed by atoms with van der Waals surface area (Å²) in [7, 11) is 0. The van der Waals surface area contributed by atoms with Gasteiger partial charge in [0.25, 0.3) is 0 Å². The number of fused-ring (bicyclic) bond motifs is 1. The molecule has 0 spiro atoms. The highest BCUT2D eigenvalue weighted by atomic mass is 79.9. The summed E-state index contributed by atoms with van der Waals surface area (Å²) in [6.45, 7) is 2.18. The van der Waals surface area contributed by atoms with Crippen LogP contribution in [-0.2, 0) is 11.3 Å². The topological polar surface area (TPSA) is 77.1 Å². The molecule has 24 heavy (non-hydrogen) atoms. The molecule has 0 saturated heterocycles. The Kier molecular flexibility index (Phi) is 4.40. The molecule has 0 bridgehead atoms. The molecule has 0 aliphatic carbocycles. The van der Waals surface area contributed by atoms with Crippen LogP contribution < -0.4 is 11.1 Å². The number of para-hydroxylation sites is 1. The SMILES string of the molecule is Cc1c(Br)c2ccccc2n1CC(=O)Nc1ccc(C(N)=O)cc1. The summed E-state index contributed by atoms with van der Waals surface area (Å²) in [6, 6.07) is 14.4. The Labute approximate surface area is 147 Å². The Morgan fingerprint density at radius 2 is 1.79 bits per heavy atom. The fraction of sp³-hybridized carbons (Fsp3) is 0.111. The van der Waals surface area contributed by atoms with E-state index >= 15 is 0 Å². The predicted molar refractivity (Wildman–Crippen MR) is 98.0 cm³/mol. The van der Waals surface area contributed by atoms with E-state index in [2.05, 4.69) is 21.2 Å². The van der Waals surface area contributed by atoms with Crippen molar-refractivity contribution in [2.45, 2.75) is 13.5 Å². The third-order valence-electron chi connectivity index (χ3n) is 3.91. The Hall–Kier alpha value is -2.60. The van der Waals surface area contributed by atoms with Crippen LogP contribution in [0, 0.1) is 6.92 Å². The third kappa shape index (κ3) is 3.05. The average molecular weight is 386 g/mol. The quantitative estimate of drug-likeness (QED) is 0.721. The summed E-state index contributed by atoms with van der Waals surface area (Å²) in [5.74, 6) is -0.634. The molecule has 0 saturated carbocycles. The number of amides is 2. The highest BCUT2D eigenvalue weighted by molar-refractivity contribution is 9.10. The van der Waals surface area contributed by atoms with E-state index in [4.69, 9.17) is 5.73 Å². The van der Waals surface area contributed by atoms with Gasteiger partial charge in [-0.05, 0) is 53.2 Å². The fourth-order valence-corrected chi connectivity index (χ4v) is 3.20. The first-order valence-electron chi connectivity index (χ1n) is 7.40. The monoisotopic (exact) mass is 385 g/mol. The van der Waals surface area contributed by atoms with Crippen molar-refractivity contribution in [1.29, 1.82) is 0 Å². The molecular weight excluding hydrogens is 370 g/mol. The molecule has 1 aromatic heterocycles. The van der Waals surface area contributed by atoms with Crippen molar-refractivity contribution in [2.24, 2.45) is 5.73 Å². The molecule has 3 N–H and O–H groups in total. The second-order valence-electron chi connectivity index (χ2n) is 5.49. The molecule has 0 atom stereocenters. The van der Waals surface area contributed by atoms with E-state index in [0.29, 0.717) is 11.3 Å². The van der Waals surface area contributed by atoms with Crippen molar-refractivity contribution in [1.82, 2.24) is 4.57 Å². The molecule has 122 valence electrons. The Morgan fingerprint density at radius 1 is 1.12 bits per heavy atom. The molecule has 0 unspecified atom stereocenters. The van der Waals surface area contributed by atoms with Crippen LogP contribution in [-0.4, -0.2) is 16.4 Å². The number of nitrogens with one attached hydrogen (secondary N) is 1. The zero-order valence-electron chi connectivity index (χ0n) is 13.0. The van der Waals surface area contributed by atoms with Gasteiger partial charge in [0.1, 0.15) is 6.54 Å². The molecule has 3 rings (SSSR count). The molecule has 3 aromatic rings. The minimum absolute atomic E-state index is 0.141. The molecule has 1 heterocycles. The lowest BCUT2D eigenvalue weighted by Gasteiger charge is -2.10. The van der Waals surface area contributed by atoms with Crippen molar-refractivity contribution in [3.63, 3.8) is 0 Å². The summed E-state index contributed by atoms with van der Waals surface area (Å²) in [5.41, 5.74) is 8.23. The van der Waals surface area contributed by atoms with Crippen molar-refractivity contribution in [2.75, 3.05) is 5.32 Å². The molecule has 0 radical (unpaired) electrons. The van der Waals surface area contributed by atoms with Crippen molar-refractivity contribution >= 4 is 44.3 Å². The first kappa shape index (κ1) is 16.3. The van der Waals surface area contributed by atoms with Gasteiger partial charge in [0.15, 0.2) is 0 Å². The van der Waals surface area contributed by atoms with Crippen LogP contribution in [0.5, 0.6) is 0 Å². The van der Waals surface area contributed by atoms with Crippen molar-refractivity contribution in [3.8, 4) is 0 Å². The number of nitrogens with zero attached hydrogens (tertiary/aromatic N) is 1. The van der Waals surface area contributed by atoms with Gasteiger partial charge in [-0.1, -0.05) is 18.2 Å². The second kappa shape index (κ2) is 6.49. The van der Waals surface area contributed by atoms with Crippen LogP contribution in [0.1, 0.15) is 16.1 Å². The fourth-order valence-electron chi connectivity index (χ4n) is 2.65. The number of aromatic nitrogens is 1. The largest absolute Gasteiger partial charge is 0.366 e. The van der Waals surface area contributed by atoms with E-state index in [9.17, 15) is 9.59 Å². The zero-order chi connectivity index (χ0) is 17.3. The number of hydrogen-bond acceptors (Lipinski definition) is 2. The standard InChI is InChI=1S/C18H16BrN3O2/c1-11-17(19)14-4-2-3-5-15(14)22(11)10-16(23)21-13-8-6-12(7-9-13)18(20)24/h2-9H,10H2,1H3,(H2,20,24)(H,21,23). The van der Waals surface area contributed by atoms with Crippen molar-refractivity contribution in [3.05, 3.63) is 64.3 Å². The molecule has 0 aliphatic heterocycles. The van der Waals surface area contributed by atoms with Gasteiger partial charge < -0.3 is 15.6 Å². The summed E-state index contributed by atoms with van der Waals surface area (Å²) in [6.07, 6.45) is 0. The van der Waals surface area contributed by atoms with Gasteiger partial charge in [0.05, 0.1) is 0 Å². The highest BCUT2D eigenvalue weighted by Crippen LogP contribution is 2.30. The molecule has 2 amide bonds. The number of nitrogens with two attached hydrogens (primary N) is 1. The number of halogens is 1. The molecule has 5 nitrogen and oxygen atoms in total. The summed E-state index contributed by atoms with van der Waals surface area (Å²) in [4.78, 5) is 23.4. The smallest absolute Gasteiger partial charge is 0.248 e. The van der Waals surface area contributed by atoms with Gasteiger partial charge in [-0.3, -0.25) is 9.59 Å². The van der Waals surface area contributed by atoms with E-state index < -0.39 is 5.91 Å². The zero-order valence-corrected chi connectivity index (χ0v) is 14.6. The van der Waals surface area contributed by atoms with Crippen LogP contribution in [0.15, 0.2) is 53.0 Å². The molecule has 0 aliphatic rings. The number of anilines is 1. The molecule has 6 heteroatoms. The van der Waals surface area contributed by atoms with Crippen LogP contribution in [0.4, 0.5) is 5.69 Å². The summed E-state index contributed by atoms with van der Waals surface area (Å²) < 4.78 is 2.96. The minimum atomic E-state index is -0.493. The number of carbonyl (C=O) groups is 2. The molecule has 0 fully saturated rings. The number of carbonyl (C=O) groups excluding carboxylic acids is 2. The Morgan fingerprint density at radius 3 is 2.46 bits per heavy atom. The van der Waals surface area contributed by atoms with Gasteiger partial charge in [-0.2, -0.15) is 0 Å². The summed E-state index contributed by atoms with van der Waals surface area (Å²) in [5, 5.41) is 3.91. The number of primary amides is 1. The lowest BCUT2D eigenvalue weighted by atomic mass is 10.2. The lowest BCUT2D eigenvalue weighted by Crippen LogP contribution is -2.19. The third-order valence-corrected chi connectivity index (χ3v) is 4.91.